The smallest absolute Gasteiger partial charge is 0.153 e. The van der Waals surface area contributed by atoms with Gasteiger partial charge >= 0.3 is 0 Å². The third-order valence-electron chi connectivity index (χ3n) is 2.89. The Labute approximate surface area is 89.0 Å². The minimum Gasteiger partial charge on any atom is -0.381 e. The zero-order valence-electron chi connectivity index (χ0n) is 8.33. The molecule has 0 bridgehead atoms. The van der Waals surface area contributed by atoms with Crippen molar-refractivity contribution in [2.24, 2.45) is 5.92 Å². The number of Topliss-reactive ketones (excluding diaryl/α,β-unsaturated/α-hetero) is 1. The minimum atomic E-state index is 0.108. The van der Waals surface area contributed by atoms with Crippen LogP contribution in [0.5, 0.6) is 0 Å². The van der Waals surface area contributed by atoms with Crippen LogP contribution in [0.4, 0.5) is 0 Å². The van der Waals surface area contributed by atoms with Gasteiger partial charge in [0, 0.05) is 37.2 Å². The molecule has 0 amide bonds. The molecule has 2 fully saturated rings. The Balaban J connectivity index is 1.85. The van der Waals surface area contributed by atoms with Gasteiger partial charge in [-0.15, -0.1) is 0 Å². The number of carbonyl (C=O) groups is 1. The van der Waals surface area contributed by atoms with Gasteiger partial charge < -0.3 is 10.1 Å². The topological polar surface area (TPSA) is 38.3 Å². The van der Waals surface area contributed by atoms with Gasteiger partial charge in [-0.2, -0.15) is 11.8 Å². The van der Waals surface area contributed by atoms with Crippen molar-refractivity contribution in [3.63, 3.8) is 0 Å². The Kier molecular flexibility index (Phi) is 3.84. The van der Waals surface area contributed by atoms with Crippen molar-refractivity contribution in [3.8, 4) is 0 Å². The SMILES string of the molecule is O=C(C1CCOCC1)C1CSCCN1. The molecule has 14 heavy (non-hydrogen) atoms. The second-order valence-electron chi connectivity index (χ2n) is 3.87. The predicted molar refractivity (Wildman–Crippen MR) is 57.7 cm³/mol. The average Bonchev–Trinajstić information content (AvgIpc) is 2.30. The fourth-order valence-corrected chi connectivity index (χ4v) is 2.96. The molecular formula is C10H17NO2S. The van der Waals surface area contributed by atoms with Crippen LogP contribution >= 0.6 is 11.8 Å². The van der Waals surface area contributed by atoms with E-state index in [0.29, 0.717) is 5.78 Å². The lowest BCUT2D eigenvalue weighted by Crippen LogP contribution is -2.46. The third kappa shape index (κ3) is 2.49. The lowest BCUT2D eigenvalue weighted by Gasteiger charge is -2.28. The number of nitrogens with one attached hydrogen (secondary N) is 1. The van der Waals surface area contributed by atoms with E-state index in [1.54, 1.807) is 0 Å². The monoisotopic (exact) mass is 215 g/mol. The first-order chi connectivity index (χ1) is 6.88. The molecule has 2 heterocycles. The average molecular weight is 215 g/mol. The number of ether oxygens (including phenoxy) is 1. The van der Waals surface area contributed by atoms with Crippen molar-refractivity contribution in [2.45, 2.75) is 18.9 Å². The Morgan fingerprint density at radius 2 is 2.14 bits per heavy atom. The van der Waals surface area contributed by atoms with Gasteiger partial charge in [-0.1, -0.05) is 0 Å². The fourth-order valence-electron chi connectivity index (χ4n) is 2.01. The van der Waals surface area contributed by atoms with Gasteiger partial charge in [-0.25, -0.2) is 0 Å². The van der Waals surface area contributed by atoms with Gasteiger partial charge in [0.1, 0.15) is 0 Å². The second-order valence-corrected chi connectivity index (χ2v) is 5.02. The number of carbonyl (C=O) groups excluding carboxylic acids is 1. The molecule has 0 saturated carbocycles. The molecule has 2 rings (SSSR count). The van der Waals surface area contributed by atoms with E-state index >= 15 is 0 Å². The van der Waals surface area contributed by atoms with Gasteiger partial charge in [0.05, 0.1) is 6.04 Å². The summed E-state index contributed by atoms with van der Waals surface area (Å²) >= 11 is 1.88. The highest BCUT2D eigenvalue weighted by Gasteiger charge is 2.29. The first-order valence-electron chi connectivity index (χ1n) is 5.30. The molecule has 2 aliphatic heterocycles. The van der Waals surface area contributed by atoms with Crippen molar-refractivity contribution in [2.75, 3.05) is 31.3 Å². The Morgan fingerprint density at radius 3 is 2.79 bits per heavy atom. The highest BCUT2D eigenvalue weighted by molar-refractivity contribution is 7.99. The van der Waals surface area contributed by atoms with E-state index in [9.17, 15) is 4.79 Å². The van der Waals surface area contributed by atoms with Crippen LogP contribution in [-0.2, 0) is 9.53 Å². The summed E-state index contributed by atoms with van der Waals surface area (Å²) in [7, 11) is 0. The number of hydrogen-bond donors (Lipinski definition) is 1. The van der Waals surface area contributed by atoms with Crippen molar-refractivity contribution in [1.29, 1.82) is 0 Å². The lowest BCUT2D eigenvalue weighted by atomic mass is 9.91. The summed E-state index contributed by atoms with van der Waals surface area (Å²) in [5, 5.41) is 3.30. The summed E-state index contributed by atoms with van der Waals surface area (Å²) in [5.74, 6) is 2.76. The van der Waals surface area contributed by atoms with E-state index < -0.39 is 0 Å². The first kappa shape index (κ1) is 10.5. The Bertz CT molecular complexity index is 178. The van der Waals surface area contributed by atoms with Crippen LogP contribution in [0.25, 0.3) is 0 Å². The molecule has 1 unspecified atom stereocenters. The van der Waals surface area contributed by atoms with Gasteiger partial charge in [-0.3, -0.25) is 4.79 Å². The van der Waals surface area contributed by atoms with Crippen LogP contribution in [0.2, 0.25) is 0 Å². The first-order valence-corrected chi connectivity index (χ1v) is 6.46. The largest absolute Gasteiger partial charge is 0.381 e. The minimum absolute atomic E-state index is 0.108. The van der Waals surface area contributed by atoms with Crippen LogP contribution in [0.15, 0.2) is 0 Å². The van der Waals surface area contributed by atoms with E-state index in [-0.39, 0.29) is 12.0 Å². The molecule has 0 aliphatic carbocycles. The Morgan fingerprint density at radius 1 is 1.36 bits per heavy atom. The van der Waals surface area contributed by atoms with Crippen LogP contribution in [-0.4, -0.2) is 43.1 Å². The molecule has 0 aromatic heterocycles. The van der Waals surface area contributed by atoms with Gasteiger partial charge in [-0.05, 0) is 12.8 Å². The highest BCUT2D eigenvalue weighted by Crippen LogP contribution is 2.20. The molecular weight excluding hydrogens is 198 g/mol. The number of ketones is 1. The molecule has 0 spiro atoms. The molecule has 80 valence electrons. The molecule has 1 atom stereocenters. The van der Waals surface area contributed by atoms with Gasteiger partial charge in [0.2, 0.25) is 0 Å². The number of rotatable bonds is 2. The van der Waals surface area contributed by atoms with Crippen molar-refractivity contribution in [3.05, 3.63) is 0 Å². The van der Waals surface area contributed by atoms with E-state index in [1.807, 2.05) is 11.8 Å². The standard InChI is InChI=1S/C10H17NO2S/c12-10(8-1-4-13-5-2-8)9-7-14-6-3-11-9/h8-9,11H,1-7H2. The van der Waals surface area contributed by atoms with E-state index in [2.05, 4.69) is 5.32 Å². The zero-order valence-corrected chi connectivity index (χ0v) is 9.15. The zero-order chi connectivity index (χ0) is 9.80. The Hall–Kier alpha value is -0.0600. The summed E-state index contributed by atoms with van der Waals surface area (Å²) in [6.07, 6.45) is 1.84. The van der Waals surface area contributed by atoms with Gasteiger partial charge in [0.15, 0.2) is 5.78 Å². The van der Waals surface area contributed by atoms with Crippen LogP contribution in [0, 0.1) is 5.92 Å². The molecule has 0 aromatic carbocycles. The van der Waals surface area contributed by atoms with Gasteiger partial charge in [0.25, 0.3) is 0 Å². The van der Waals surface area contributed by atoms with Crippen LogP contribution < -0.4 is 5.32 Å². The van der Waals surface area contributed by atoms with E-state index in [0.717, 1.165) is 44.1 Å². The quantitative estimate of drug-likeness (QED) is 0.735. The molecule has 0 aromatic rings. The fraction of sp³-hybridized carbons (Fsp3) is 0.900. The van der Waals surface area contributed by atoms with E-state index in [4.69, 9.17) is 4.74 Å². The van der Waals surface area contributed by atoms with Crippen molar-refractivity contribution in [1.82, 2.24) is 5.32 Å². The van der Waals surface area contributed by atoms with E-state index in [1.165, 1.54) is 0 Å². The van der Waals surface area contributed by atoms with Crippen molar-refractivity contribution >= 4 is 17.5 Å². The summed E-state index contributed by atoms with van der Waals surface area (Å²) in [4.78, 5) is 12.0. The second kappa shape index (κ2) is 5.14. The summed E-state index contributed by atoms with van der Waals surface area (Å²) in [5.41, 5.74) is 0. The van der Waals surface area contributed by atoms with Crippen LogP contribution in [0.1, 0.15) is 12.8 Å². The summed E-state index contributed by atoms with van der Waals surface area (Å²) in [6, 6.07) is 0.108. The maximum atomic E-state index is 12.0. The number of hydrogen-bond acceptors (Lipinski definition) is 4. The normalized spacial score (nSPS) is 30.1. The molecule has 1 N–H and O–H groups in total. The molecule has 4 heteroatoms. The maximum absolute atomic E-state index is 12.0. The molecule has 0 radical (unpaired) electrons. The maximum Gasteiger partial charge on any atom is 0.153 e. The summed E-state index contributed by atoms with van der Waals surface area (Å²) < 4.78 is 5.26. The van der Waals surface area contributed by atoms with Crippen LogP contribution in [0.3, 0.4) is 0 Å². The predicted octanol–water partition coefficient (Wildman–Crippen LogP) is 0.687. The highest BCUT2D eigenvalue weighted by atomic mass is 32.2. The summed E-state index contributed by atoms with van der Waals surface area (Å²) in [6.45, 7) is 2.50. The molecule has 3 nitrogen and oxygen atoms in total. The molecule has 2 saturated heterocycles. The van der Waals surface area contributed by atoms with Crippen molar-refractivity contribution < 1.29 is 9.53 Å². The molecule has 2 aliphatic rings. The number of thioether (sulfide) groups is 1. The third-order valence-corrected chi connectivity index (χ3v) is 3.95. The lowest BCUT2D eigenvalue weighted by molar-refractivity contribution is -0.127.